The molecule has 2 fully saturated rings. The standard InChI is InChI=1S/C12H18N2O2/c1-14-9-11(8-13-14)10-2-4-12(5-3-10)15-6-7-16-12/h8-10H,2-7H2,1H3. The van der Waals surface area contributed by atoms with Crippen molar-refractivity contribution in [3.63, 3.8) is 0 Å². The molecule has 0 radical (unpaired) electrons. The fourth-order valence-corrected chi connectivity index (χ4v) is 2.83. The van der Waals surface area contributed by atoms with E-state index in [4.69, 9.17) is 9.47 Å². The molecule has 2 aliphatic rings. The van der Waals surface area contributed by atoms with E-state index in [1.165, 1.54) is 5.56 Å². The Hall–Kier alpha value is -0.870. The monoisotopic (exact) mass is 222 g/mol. The second kappa shape index (κ2) is 3.86. The lowest BCUT2D eigenvalue weighted by atomic mass is 9.82. The van der Waals surface area contributed by atoms with E-state index in [0.29, 0.717) is 5.92 Å². The Balaban J connectivity index is 1.66. The van der Waals surface area contributed by atoms with Crippen molar-refractivity contribution in [2.24, 2.45) is 7.05 Å². The number of hydrogen-bond donors (Lipinski definition) is 0. The lowest BCUT2D eigenvalue weighted by molar-refractivity contribution is -0.178. The Labute approximate surface area is 95.5 Å². The number of aryl methyl sites for hydroxylation is 1. The van der Waals surface area contributed by atoms with Crippen LogP contribution in [-0.2, 0) is 16.5 Å². The van der Waals surface area contributed by atoms with Crippen LogP contribution in [0.1, 0.15) is 37.2 Å². The summed E-state index contributed by atoms with van der Waals surface area (Å²) in [5.41, 5.74) is 1.36. The highest BCUT2D eigenvalue weighted by atomic mass is 16.7. The van der Waals surface area contributed by atoms with Gasteiger partial charge >= 0.3 is 0 Å². The van der Waals surface area contributed by atoms with Gasteiger partial charge in [0.25, 0.3) is 0 Å². The number of ether oxygens (including phenoxy) is 2. The third-order valence-corrected chi connectivity index (χ3v) is 3.76. The molecule has 0 atom stereocenters. The van der Waals surface area contributed by atoms with Crippen molar-refractivity contribution in [1.29, 1.82) is 0 Å². The summed E-state index contributed by atoms with van der Waals surface area (Å²) < 4.78 is 13.3. The van der Waals surface area contributed by atoms with Crippen LogP contribution in [0.15, 0.2) is 12.4 Å². The van der Waals surface area contributed by atoms with Gasteiger partial charge in [0.15, 0.2) is 5.79 Å². The minimum Gasteiger partial charge on any atom is -0.348 e. The maximum atomic E-state index is 5.73. The number of aromatic nitrogens is 2. The van der Waals surface area contributed by atoms with E-state index in [-0.39, 0.29) is 5.79 Å². The summed E-state index contributed by atoms with van der Waals surface area (Å²) in [6, 6.07) is 0. The molecule has 88 valence electrons. The molecule has 1 aliphatic heterocycles. The van der Waals surface area contributed by atoms with E-state index < -0.39 is 0 Å². The summed E-state index contributed by atoms with van der Waals surface area (Å²) >= 11 is 0. The number of rotatable bonds is 1. The van der Waals surface area contributed by atoms with Crippen LogP contribution in [-0.4, -0.2) is 28.8 Å². The zero-order valence-corrected chi connectivity index (χ0v) is 9.69. The summed E-state index contributed by atoms with van der Waals surface area (Å²) in [4.78, 5) is 0. The highest BCUT2D eigenvalue weighted by Crippen LogP contribution is 2.41. The molecule has 3 rings (SSSR count). The van der Waals surface area contributed by atoms with Gasteiger partial charge in [0, 0.05) is 26.1 Å². The average Bonchev–Trinajstić information content (AvgIpc) is 2.90. The largest absolute Gasteiger partial charge is 0.348 e. The fourth-order valence-electron chi connectivity index (χ4n) is 2.83. The molecular formula is C12H18N2O2. The third-order valence-electron chi connectivity index (χ3n) is 3.76. The molecule has 1 spiro atoms. The minimum atomic E-state index is -0.237. The molecule has 4 nitrogen and oxygen atoms in total. The van der Waals surface area contributed by atoms with Gasteiger partial charge in [0.2, 0.25) is 0 Å². The normalized spacial score (nSPS) is 25.3. The Bertz CT molecular complexity index is 359. The lowest BCUT2D eigenvalue weighted by Gasteiger charge is -2.35. The van der Waals surface area contributed by atoms with Crippen LogP contribution in [0.4, 0.5) is 0 Å². The van der Waals surface area contributed by atoms with E-state index in [1.807, 2.05) is 17.9 Å². The molecule has 1 aromatic heterocycles. The zero-order valence-electron chi connectivity index (χ0n) is 9.69. The van der Waals surface area contributed by atoms with Gasteiger partial charge in [-0.25, -0.2) is 0 Å². The van der Waals surface area contributed by atoms with E-state index in [0.717, 1.165) is 38.9 Å². The van der Waals surface area contributed by atoms with Crippen LogP contribution >= 0.6 is 0 Å². The second-order valence-electron chi connectivity index (χ2n) is 4.83. The smallest absolute Gasteiger partial charge is 0.168 e. The molecule has 0 amide bonds. The van der Waals surface area contributed by atoms with Gasteiger partial charge in [0.1, 0.15) is 0 Å². The summed E-state index contributed by atoms with van der Waals surface area (Å²) in [7, 11) is 1.97. The number of nitrogens with zero attached hydrogens (tertiary/aromatic N) is 2. The predicted molar refractivity (Wildman–Crippen MR) is 59.1 cm³/mol. The molecule has 1 saturated heterocycles. The van der Waals surface area contributed by atoms with E-state index in [1.54, 1.807) is 0 Å². The summed E-state index contributed by atoms with van der Waals surface area (Å²) in [5, 5.41) is 4.23. The fraction of sp³-hybridized carbons (Fsp3) is 0.750. The first-order valence-corrected chi connectivity index (χ1v) is 6.04. The SMILES string of the molecule is Cn1cc(C2CCC3(CC2)OCCO3)cn1. The van der Waals surface area contributed by atoms with Gasteiger partial charge in [-0.2, -0.15) is 5.10 Å². The Morgan fingerprint density at radius 2 is 2.00 bits per heavy atom. The van der Waals surface area contributed by atoms with Gasteiger partial charge < -0.3 is 9.47 Å². The van der Waals surface area contributed by atoms with Crippen LogP contribution < -0.4 is 0 Å². The Kier molecular flexibility index (Phi) is 2.48. The average molecular weight is 222 g/mol. The molecule has 1 aliphatic carbocycles. The number of hydrogen-bond acceptors (Lipinski definition) is 3. The molecule has 16 heavy (non-hydrogen) atoms. The summed E-state index contributed by atoms with van der Waals surface area (Å²) in [6.45, 7) is 1.52. The second-order valence-corrected chi connectivity index (χ2v) is 4.83. The molecule has 2 heterocycles. The first-order chi connectivity index (χ1) is 7.77. The van der Waals surface area contributed by atoms with E-state index in [9.17, 15) is 0 Å². The Morgan fingerprint density at radius 1 is 1.31 bits per heavy atom. The van der Waals surface area contributed by atoms with Crippen molar-refractivity contribution in [2.45, 2.75) is 37.4 Å². The van der Waals surface area contributed by atoms with Crippen LogP contribution in [0.5, 0.6) is 0 Å². The quantitative estimate of drug-likeness (QED) is 0.727. The molecular weight excluding hydrogens is 204 g/mol. The van der Waals surface area contributed by atoms with Crippen LogP contribution in [0.3, 0.4) is 0 Å². The summed E-state index contributed by atoms with van der Waals surface area (Å²) in [5.74, 6) is 0.394. The molecule has 0 N–H and O–H groups in total. The third kappa shape index (κ3) is 1.76. The first-order valence-electron chi connectivity index (χ1n) is 6.04. The highest BCUT2D eigenvalue weighted by molar-refractivity contribution is 5.12. The van der Waals surface area contributed by atoms with Crippen molar-refractivity contribution in [3.05, 3.63) is 18.0 Å². The molecule has 0 aromatic carbocycles. The van der Waals surface area contributed by atoms with Gasteiger partial charge in [-0.1, -0.05) is 0 Å². The maximum absolute atomic E-state index is 5.73. The van der Waals surface area contributed by atoms with E-state index in [2.05, 4.69) is 11.3 Å². The topological polar surface area (TPSA) is 36.3 Å². The van der Waals surface area contributed by atoms with Crippen molar-refractivity contribution < 1.29 is 9.47 Å². The summed E-state index contributed by atoms with van der Waals surface area (Å²) in [6.07, 6.45) is 8.44. The van der Waals surface area contributed by atoms with Crippen molar-refractivity contribution in [3.8, 4) is 0 Å². The minimum absolute atomic E-state index is 0.237. The lowest BCUT2D eigenvalue weighted by Crippen LogP contribution is -2.34. The maximum Gasteiger partial charge on any atom is 0.168 e. The van der Waals surface area contributed by atoms with Gasteiger partial charge in [-0.15, -0.1) is 0 Å². The molecule has 4 heteroatoms. The zero-order chi connectivity index (χ0) is 11.0. The predicted octanol–water partition coefficient (Wildman–Crippen LogP) is 1.82. The van der Waals surface area contributed by atoms with Crippen molar-refractivity contribution >= 4 is 0 Å². The first kappa shape index (κ1) is 10.3. The van der Waals surface area contributed by atoms with Crippen LogP contribution in [0, 0.1) is 0 Å². The highest BCUT2D eigenvalue weighted by Gasteiger charge is 2.40. The molecule has 0 bridgehead atoms. The van der Waals surface area contributed by atoms with Crippen LogP contribution in [0.2, 0.25) is 0 Å². The van der Waals surface area contributed by atoms with Crippen molar-refractivity contribution in [2.75, 3.05) is 13.2 Å². The van der Waals surface area contributed by atoms with Crippen LogP contribution in [0.25, 0.3) is 0 Å². The Morgan fingerprint density at radius 3 is 2.56 bits per heavy atom. The van der Waals surface area contributed by atoms with Gasteiger partial charge in [-0.05, 0) is 24.3 Å². The van der Waals surface area contributed by atoms with Gasteiger partial charge in [0.05, 0.1) is 19.4 Å². The van der Waals surface area contributed by atoms with Gasteiger partial charge in [-0.3, -0.25) is 4.68 Å². The van der Waals surface area contributed by atoms with E-state index >= 15 is 0 Å². The molecule has 0 unspecified atom stereocenters. The molecule has 1 saturated carbocycles. The molecule has 1 aromatic rings. The van der Waals surface area contributed by atoms with Crippen molar-refractivity contribution in [1.82, 2.24) is 9.78 Å².